The molecule has 4 rings (SSSR count). The lowest BCUT2D eigenvalue weighted by Crippen LogP contribution is -2.50. The van der Waals surface area contributed by atoms with Gasteiger partial charge in [0.25, 0.3) is 5.91 Å². The van der Waals surface area contributed by atoms with Gasteiger partial charge in [0.2, 0.25) is 5.91 Å². The topological polar surface area (TPSA) is 76.9 Å². The molecule has 2 saturated heterocycles. The fraction of sp³-hybridized carbons (Fsp3) is 0.522. The van der Waals surface area contributed by atoms with E-state index in [1.54, 1.807) is 17.1 Å². The van der Waals surface area contributed by atoms with Crippen LogP contribution in [0.3, 0.4) is 0 Å². The summed E-state index contributed by atoms with van der Waals surface area (Å²) in [6.07, 6.45) is 4.32. The van der Waals surface area contributed by atoms with Crippen LogP contribution in [0, 0.1) is 5.92 Å². The summed E-state index contributed by atoms with van der Waals surface area (Å²) in [7, 11) is 0. The summed E-state index contributed by atoms with van der Waals surface area (Å²) < 4.78 is 13.4. The number of aryl methyl sites for hydroxylation is 1. The molecule has 0 unspecified atom stereocenters. The molecule has 0 bridgehead atoms. The van der Waals surface area contributed by atoms with Crippen molar-refractivity contribution in [1.82, 2.24) is 19.6 Å². The van der Waals surface area contributed by atoms with Crippen molar-refractivity contribution >= 4 is 11.8 Å². The normalized spacial score (nSPS) is 21.7. The van der Waals surface area contributed by atoms with Gasteiger partial charge in [-0.3, -0.25) is 14.3 Å². The second-order valence-electron chi connectivity index (χ2n) is 8.05. The molecule has 2 atom stereocenters. The number of carbonyl (C=O) groups is 2. The molecule has 0 aliphatic carbocycles. The van der Waals surface area contributed by atoms with Crippen LogP contribution in [0.15, 0.2) is 42.7 Å². The molecule has 1 aromatic carbocycles. The quantitative estimate of drug-likeness (QED) is 0.707. The number of amides is 2. The van der Waals surface area contributed by atoms with Gasteiger partial charge in [0, 0.05) is 57.7 Å². The van der Waals surface area contributed by atoms with Crippen LogP contribution in [0.4, 0.5) is 0 Å². The van der Waals surface area contributed by atoms with Gasteiger partial charge in [-0.2, -0.15) is 5.10 Å². The van der Waals surface area contributed by atoms with Gasteiger partial charge in [-0.15, -0.1) is 0 Å². The molecule has 2 aliphatic heterocycles. The van der Waals surface area contributed by atoms with E-state index in [-0.39, 0.29) is 23.8 Å². The molecule has 1 aromatic heterocycles. The Bertz CT molecular complexity index is 879. The van der Waals surface area contributed by atoms with Crippen molar-refractivity contribution in [3.8, 4) is 5.75 Å². The molecule has 3 heterocycles. The van der Waals surface area contributed by atoms with E-state index >= 15 is 0 Å². The predicted molar refractivity (Wildman–Crippen MR) is 115 cm³/mol. The second kappa shape index (κ2) is 9.96. The first-order valence-corrected chi connectivity index (χ1v) is 11.0. The maximum Gasteiger partial charge on any atom is 0.257 e. The van der Waals surface area contributed by atoms with Crippen LogP contribution in [0.5, 0.6) is 5.75 Å². The SMILES string of the molecule is CCn1cc(C(=O)N2CC[C@H](Oc3ccccc3)[C@@H](CC(=O)N3CCOCC3)C2)cn1. The highest BCUT2D eigenvalue weighted by atomic mass is 16.5. The van der Waals surface area contributed by atoms with Gasteiger partial charge in [-0.05, 0) is 19.1 Å². The maximum absolute atomic E-state index is 13.0. The molecule has 8 nitrogen and oxygen atoms in total. The minimum Gasteiger partial charge on any atom is -0.490 e. The van der Waals surface area contributed by atoms with Crippen molar-refractivity contribution in [2.75, 3.05) is 39.4 Å². The van der Waals surface area contributed by atoms with Crippen LogP contribution < -0.4 is 4.74 Å². The number of ether oxygens (including phenoxy) is 2. The Morgan fingerprint density at radius 3 is 2.61 bits per heavy atom. The number of hydrogen-bond donors (Lipinski definition) is 0. The Balaban J connectivity index is 1.47. The minimum atomic E-state index is -0.116. The number of para-hydroxylation sites is 1. The van der Waals surface area contributed by atoms with Crippen molar-refractivity contribution < 1.29 is 19.1 Å². The molecule has 0 N–H and O–H groups in total. The molecule has 2 fully saturated rings. The van der Waals surface area contributed by atoms with Crippen molar-refractivity contribution in [3.05, 3.63) is 48.3 Å². The van der Waals surface area contributed by atoms with Crippen molar-refractivity contribution in [1.29, 1.82) is 0 Å². The van der Waals surface area contributed by atoms with E-state index in [9.17, 15) is 9.59 Å². The highest BCUT2D eigenvalue weighted by molar-refractivity contribution is 5.93. The molecule has 2 aliphatic rings. The van der Waals surface area contributed by atoms with Crippen LogP contribution in [-0.2, 0) is 16.1 Å². The lowest BCUT2D eigenvalue weighted by molar-refractivity contribution is -0.137. The van der Waals surface area contributed by atoms with E-state index in [1.807, 2.05) is 47.1 Å². The Morgan fingerprint density at radius 2 is 1.90 bits per heavy atom. The monoisotopic (exact) mass is 426 g/mol. The van der Waals surface area contributed by atoms with Gasteiger partial charge in [0.1, 0.15) is 11.9 Å². The predicted octanol–water partition coefficient (Wildman–Crippen LogP) is 2.06. The third kappa shape index (κ3) is 5.25. The fourth-order valence-electron chi connectivity index (χ4n) is 4.22. The maximum atomic E-state index is 13.0. The average molecular weight is 427 g/mol. The van der Waals surface area contributed by atoms with E-state index < -0.39 is 0 Å². The Kier molecular flexibility index (Phi) is 6.86. The Labute approximate surface area is 182 Å². The van der Waals surface area contributed by atoms with Crippen LogP contribution in [0.1, 0.15) is 30.1 Å². The van der Waals surface area contributed by atoms with E-state index in [1.165, 1.54) is 0 Å². The van der Waals surface area contributed by atoms with Crippen LogP contribution in [0.25, 0.3) is 0 Å². The van der Waals surface area contributed by atoms with E-state index in [2.05, 4.69) is 5.10 Å². The average Bonchev–Trinajstić information content (AvgIpc) is 3.30. The summed E-state index contributed by atoms with van der Waals surface area (Å²) in [5, 5.41) is 4.22. The number of nitrogens with zero attached hydrogens (tertiary/aromatic N) is 4. The zero-order valence-electron chi connectivity index (χ0n) is 18.0. The smallest absolute Gasteiger partial charge is 0.257 e. The number of piperidine rings is 1. The molecule has 2 aromatic rings. The van der Waals surface area contributed by atoms with Crippen molar-refractivity contribution in [2.45, 2.75) is 32.4 Å². The van der Waals surface area contributed by atoms with Crippen molar-refractivity contribution in [3.63, 3.8) is 0 Å². The number of benzene rings is 1. The summed E-state index contributed by atoms with van der Waals surface area (Å²) >= 11 is 0. The molecule has 166 valence electrons. The molecule has 2 amide bonds. The number of rotatable bonds is 6. The zero-order valence-corrected chi connectivity index (χ0v) is 18.0. The molecule has 8 heteroatoms. The van der Waals surface area contributed by atoms with Gasteiger partial charge in [0.05, 0.1) is 25.0 Å². The zero-order chi connectivity index (χ0) is 21.6. The first kappa shape index (κ1) is 21.4. The number of morpholine rings is 1. The third-order valence-electron chi connectivity index (χ3n) is 5.99. The molecule has 0 radical (unpaired) electrons. The van der Waals surface area contributed by atoms with Gasteiger partial charge in [-0.25, -0.2) is 0 Å². The van der Waals surface area contributed by atoms with E-state index in [4.69, 9.17) is 9.47 Å². The summed E-state index contributed by atoms with van der Waals surface area (Å²) in [6.45, 7) is 6.18. The van der Waals surface area contributed by atoms with Gasteiger partial charge < -0.3 is 19.3 Å². The number of aromatic nitrogens is 2. The molecular formula is C23H30N4O4. The lowest BCUT2D eigenvalue weighted by atomic mass is 9.90. The Morgan fingerprint density at radius 1 is 1.13 bits per heavy atom. The second-order valence-corrected chi connectivity index (χ2v) is 8.05. The number of carbonyl (C=O) groups excluding carboxylic acids is 2. The lowest BCUT2D eigenvalue weighted by Gasteiger charge is -2.39. The first-order chi connectivity index (χ1) is 15.1. The van der Waals surface area contributed by atoms with Gasteiger partial charge >= 0.3 is 0 Å². The van der Waals surface area contributed by atoms with Gasteiger partial charge in [0.15, 0.2) is 0 Å². The third-order valence-corrected chi connectivity index (χ3v) is 5.99. The molecular weight excluding hydrogens is 396 g/mol. The van der Waals surface area contributed by atoms with E-state index in [0.717, 1.165) is 12.3 Å². The summed E-state index contributed by atoms with van der Waals surface area (Å²) in [5.41, 5.74) is 0.586. The van der Waals surface area contributed by atoms with Crippen LogP contribution in [-0.4, -0.2) is 76.9 Å². The highest BCUT2D eigenvalue weighted by Gasteiger charge is 2.36. The molecule has 31 heavy (non-hydrogen) atoms. The van der Waals surface area contributed by atoms with Crippen molar-refractivity contribution in [2.24, 2.45) is 5.92 Å². The van der Waals surface area contributed by atoms with Gasteiger partial charge in [-0.1, -0.05) is 18.2 Å². The molecule has 0 spiro atoms. The number of likely N-dealkylation sites (tertiary alicyclic amines) is 1. The standard InChI is InChI=1S/C23H30N4O4/c1-2-27-17-19(15-24-27)23(29)26-9-8-21(31-20-6-4-3-5-7-20)18(16-26)14-22(28)25-10-12-30-13-11-25/h3-7,15,17-18,21H,2,8-14,16H2,1H3/t18-,21-/m0/s1. The fourth-order valence-corrected chi connectivity index (χ4v) is 4.22. The summed E-state index contributed by atoms with van der Waals surface area (Å²) in [6, 6.07) is 9.68. The number of hydrogen-bond acceptors (Lipinski definition) is 5. The van der Waals surface area contributed by atoms with Crippen LogP contribution in [0.2, 0.25) is 0 Å². The first-order valence-electron chi connectivity index (χ1n) is 11.0. The minimum absolute atomic E-state index is 0.0401. The Hall–Kier alpha value is -2.87. The van der Waals surface area contributed by atoms with E-state index in [0.29, 0.717) is 57.8 Å². The summed E-state index contributed by atoms with van der Waals surface area (Å²) in [4.78, 5) is 29.7. The summed E-state index contributed by atoms with van der Waals surface area (Å²) in [5.74, 6) is 0.777. The van der Waals surface area contributed by atoms with Crippen LogP contribution >= 0.6 is 0 Å². The molecule has 0 saturated carbocycles. The largest absolute Gasteiger partial charge is 0.490 e. The highest BCUT2D eigenvalue weighted by Crippen LogP contribution is 2.27.